The molecule has 0 saturated carbocycles. The van der Waals surface area contributed by atoms with Crippen LogP contribution < -0.4 is 15.4 Å². The summed E-state index contributed by atoms with van der Waals surface area (Å²) >= 11 is 0. The second-order valence-corrected chi connectivity index (χ2v) is 5.76. The highest BCUT2D eigenvalue weighted by Crippen LogP contribution is 2.22. The molecule has 142 valence electrons. The highest BCUT2D eigenvalue weighted by molar-refractivity contribution is 5.79. The summed E-state index contributed by atoms with van der Waals surface area (Å²) in [6.07, 6.45) is 0. The molecule has 9 heteroatoms. The molecule has 7 nitrogen and oxygen atoms in total. The van der Waals surface area contributed by atoms with Gasteiger partial charge in [0.15, 0.2) is 11.8 Å². The number of hydrogen-bond acceptors (Lipinski definition) is 4. The van der Waals surface area contributed by atoms with Crippen LogP contribution in [0, 0.1) is 13.8 Å². The number of rotatable bonds is 7. The first-order chi connectivity index (χ1) is 12.4. The molecule has 1 aromatic heterocycles. The number of aliphatic imine (C=N–C) groups is 1. The zero-order chi connectivity index (χ0) is 19.1. The molecule has 0 unspecified atom stereocenters. The highest BCUT2D eigenvalue weighted by atomic mass is 19.3. The van der Waals surface area contributed by atoms with E-state index < -0.39 is 6.61 Å². The summed E-state index contributed by atoms with van der Waals surface area (Å²) < 4.78 is 31.6. The SMILES string of the molecule is CCNC(=NCc1cc(C)ccc1OC(F)F)NCc1nnc(C)n1C. The smallest absolute Gasteiger partial charge is 0.387 e. The molecule has 0 aliphatic heterocycles. The van der Waals surface area contributed by atoms with Crippen molar-refractivity contribution in [3.63, 3.8) is 0 Å². The van der Waals surface area contributed by atoms with Crippen molar-refractivity contribution in [2.24, 2.45) is 12.0 Å². The fourth-order valence-electron chi connectivity index (χ4n) is 2.32. The quantitative estimate of drug-likeness (QED) is 0.581. The fourth-order valence-corrected chi connectivity index (χ4v) is 2.32. The van der Waals surface area contributed by atoms with Crippen LogP contribution in [0.15, 0.2) is 23.2 Å². The summed E-state index contributed by atoms with van der Waals surface area (Å²) in [6.45, 7) is 4.15. The van der Waals surface area contributed by atoms with Crippen LogP contribution >= 0.6 is 0 Å². The van der Waals surface area contributed by atoms with E-state index in [9.17, 15) is 8.78 Å². The summed E-state index contributed by atoms with van der Waals surface area (Å²) in [6, 6.07) is 5.05. The third kappa shape index (κ3) is 5.40. The van der Waals surface area contributed by atoms with Crippen molar-refractivity contribution in [1.29, 1.82) is 0 Å². The van der Waals surface area contributed by atoms with Gasteiger partial charge >= 0.3 is 6.61 Å². The number of hydrogen-bond donors (Lipinski definition) is 2. The molecule has 0 aliphatic rings. The van der Waals surface area contributed by atoms with Crippen molar-refractivity contribution in [2.45, 2.75) is 40.5 Å². The Hall–Kier alpha value is -2.71. The van der Waals surface area contributed by atoms with E-state index in [4.69, 9.17) is 0 Å². The Labute approximate surface area is 151 Å². The van der Waals surface area contributed by atoms with Crippen LogP contribution in [0.3, 0.4) is 0 Å². The molecule has 2 aromatic rings. The molecule has 0 saturated heterocycles. The molecule has 0 atom stereocenters. The Morgan fingerprint density at radius 3 is 2.65 bits per heavy atom. The standard InChI is InChI=1S/C17H24F2N6O/c1-5-20-17(22-10-15-24-23-12(3)25(15)4)21-9-13-8-11(2)6-7-14(13)26-16(18)19/h6-8,16H,5,9-10H2,1-4H3,(H2,20,21,22). The number of benzene rings is 1. The summed E-state index contributed by atoms with van der Waals surface area (Å²) in [4.78, 5) is 4.46. The lowest BCUT2D eigenvalue weighted by Gasteiger charge is -2.13. The van der Waals surface area contributed by atoms with Crippen molar-refractivity contribution >= 4 is 5.96 Å². The van der Waals surface area contributed by atoms with Gasteiger partial charge in [-0.2, -0.15) is 8.78 Å². The van der Waals surface area contributed by atoms with Gasteiger partial charge in [0, 0.05) is 19.2 Å². The van der Waals surface area contributed by atoms with E-state index in [1.165, 1.54) is 6.07 Å². The van der Waals surface area contributed by atoms with Gasteiger partial charge in [-0.05, 0) is 26.8 Å². The Bertz CT molecular complexity index is 760. The van der Waals surface area contributed by atoms with Gasteiger partial charge in [0.1, 0.15) is 11.6 Å². The molecule has 0 radical (unpaired) electrons. The third-order valence-electron chi connectivity index (χ3n) is 3.78. The van der Waals surface area contributed by atoms with Crippen LogP contribution in [-0.4, -0.2) is 33.9 Å². The van der Waals surface area contributed by atoms with Gasteiger partial charge in [0.2, 0.25) is 0 Å². The van der Waals surface area contributed by atoms with Crippen molar-refractivity contribution in [3.8, 4) is 5.75 Å². The predicted molar refractivity (Wildman–Crippen MR) is 95.2 cm³/mol. The van der Waals surface area contributed by atoms with Gasteiger partial charge in [-0.1, -0.05) is 17.7 Å². The Balaban J connectivity index is 2.11. The van der Waals surface area contributed by atoms with E-state index in [1.54, 1.807) is 12.1 Å². The molecule has 0 bridgehead atoms. The lowest BCUT2D eigenvalue weighted by molar-refractivity contribution is -0.0504. The minimum absolute atomic E-state index is 0.133. The molecule has 0 aliphatic carbocycles. The van der Waals surface area contributed by atoms with Crippen molar-refractivity contribution in [3.05, 3.63) is 41.0 Å². The maximum atomic E-state index is 12.6. The van der Waals surface area contributed by atoms with E-state index in [1.807, 2.05) is 32.4 Å². The summed E-state index contributed by atoms with van der Waals surface area (Å²) in [5.74, 6) is 2.27. The van der Waals surface area contributed by atoms with Gasteiger partial charge in [0.05, 0.1) is 13.1 Å². The summed E-state index contributed by atoms with van der Waals surface area (Å²) in [7, 11) is 1.89. The van der Waals surface area contributed by atoms with E-state index in [0.717, 1.165) is 17.2 Å². The number of nitrogens with zero attached hydrogens (tertiary/aromatic N) is 4. The monoisotopic (exact) mass is 366 g/mol. The first-order valence-corrected chi connectivity index (χ1v) is 8.32. The maximum absolute atomic E-state index is 12.6. The van der Waals surface area contributed by atoms with Crippen LogP contribution in [0.2, 0.25) is 0 Å². The average molecular weight is 366 g/mol. The van der Waals surface area contributed by atoms with E-state index in [-0.39, 0.29) is 12.3 Å². The van der Waals surface area contributed by atoms with E-state index >= 15 is 0 Å². The Kier molecular flexibility index (Phi) is 6.88. The van der Waals surface area contributed by atoms with Crippen LogP contribution in [0.25, 0.3) is 0 Å². The van der Waals surface area contributed by atoms with Crippen molar-refractivity contribution in [2.75, 3.05) is 6.54 Å². The predicted octanol–water partition coefficient (Wildman–Crippen LogP) is 2.29. The number of nitrogens with one attached hydrogen (secondary N) is 2. The normalized spacial score (nSPS) is 11.7. The summed E-state index contributed by atoms with van der Waals surface area (Å²) in [5.41, 5.74) is 1.54. The van der Waals surface area contributed by atoms with Gasteiger partial charge in [-0.3, -0.25) is 0 Å². The minimum Gasteiger partial charge on any atom is -0.434 e. The van der Waals surface area contributed by atoms with Crippen molar-refractivity contribution < 1.29 is 13.5 Å². The Morgan fingerprint density at radius 1 is 1.27 bits per heavy atom. The number of alkyl halides is 2. The number of aryl methyl sites for hydroxylation is 2. The lowest BCUT2D eigenvalue weighted by atomic mass is 10.1. The molecule has 2 N–H and O–H groups in total. The third-order valence-corrected chi connectivity index (χ3v) is 3.78. The zero-order valence-electron chi connectivity index (χ0n) is 15.4. The first-order valence-electron chi connectivity index (χ1n) is 8.32. The molecule has 2 rings (SSSR count). The maximum Gasteiger partial charge on any atom is 0.387 e. The largest absolute Gasteiger partial charge is 0.434 e. The van der Waals surface area contributed by atoms with Crippen LogP contribution in [0.1, 0.15) is 29.7 Å². The molecule has 0 fully saturated rings. The number of aromatic nitrogens is 3. The molecule has 1 heterocycles. The Morgan fingerprint density at radius 2 is 2.04 bits per heavy atom. The highest BCUT2D eigenvalue weighted by Gasteiger charge is 2.10. The first kappa shape index (κ1) is 19.6. The summed E-state index contributed by atoms with van der Waals surface area (Å²) in [5, 5.41) is 14.4. The number of guanidine groups is 1. The molecule has 0 spiro atoms. The number of ether oxygens (including phenoxy) is 1. The van der Waals surface area contributed by atoms with Gasteiger partial charge in [0.25, 0.3) is 0 Å². The zero-order valence-corrected chi connectivity index (χ0v) is 15.4. The number of halogens is 2. The van der Waals surface area contributed by atoms with E-state index in [0.29, 0.717) is 24.6 Å². The molecular formula is C17H24F2N6O. The van der Waals surface area contributed by atoms with Crippen molar-refractivity contribution in [1.82, 2.24) is 25.4 Å². The topological polar surface area (TPSA) is 76.4 Å². The minimum atomic E-state index is -2.87. The van der Waals surface area contributed by atoms with E-state index in [2.05, 4.69) is 30.6 Å². The van der Waals surface area contributed by atoms with Crippen LogP contribution in [-0.2, 0) is 20.1 Å². The average Bonchev–Trinajstić information content (AvgIpc) is 2.91. The van der Waals surface area contributed by atoms with Gasteiger partial charge in [-0.25, -0.2) is 4.99 Å². The lowest BCUT2D eigenvalue weighted by Crippen LogP contribution is -2.37. The molecular weight excluding hydrogens is 342 g/mol. The van der Waals surface area contributed by atoms with Crippen LogP contribution in [0.5, 0.6) is 5.75 Å². The molecule has 0 amide bonds. The van der Waals surface area contributed by atoms with Crippen LogP contribution in [0.4, 0.5) is 8.78 Å². The second-order valence-electron chi connectivity index (χ2n) is 5.76. The second kappa shape index (κ2) is 9.12. The van der Waals surface area contributed by atoms with Gasteiger partial charge < -0.3 is 19.9 Å². The molecule has 26 heavy (non-hydrogen) atoms. The molecule has 1 aromatic carbocycles. The van der Waals surface area contributed by atoms with Gasteiger partial charge in [-0.15, -0.1) is 10.2 Å². The fraction of sp³-hybridized carbons (Fsp3) is 0.471.